The third kappa shape index (κ3) is 10.8. The summed E-state index contributed by atoms with van der Waals surface area (Å²) in [5, 5.41) is 19.3. The first-order valence-corrected chi connectivity index (χ1v) is 6.74. The van der Waals surface area contributed by atoms with Crippen LogP contribution in [-0.4, -0.2) is 40.1 Å². The molecule has 0 amide bonds. The Morgan fingerprint density at radius 1 is 1.14 bits per heavy atom. The molecule has 0 aromatic rings. The second-order valence-electron chi connectivity index (χ2n) is 5.31. The van der Waals surface area contributed by atoms with Crippen LogP contribution in [0.15, 0.2) is 25.3 Å². The zero-order valence-electron chi connectivity index (χ0n) is 12.6. The van der Waals surface area contributed by atoms with Crippen LogP contribution in [0, 0.1) is 0 Å². The molecule has 1 atom stereocenters. The van der Waals surface area contributed by atoms with Crippen molar-refractivity contribution in [1.82, 2.24) is 0 Å². The number of hydrogen-bond acceptors (Lipinski definition) is 6. The van der Waals surface area contributed by atoms with Gasteiger partial charge in [-0.1, -0.05) is 13.2 Å². The fourth-order valence-corrected chi connectivity index (χ4v) is 1.70. The lowest BCUT2D eigenvalue weighted by molar-refractivity contribution is -0.182. The third-order valence-corrected chi connectivity index (χ3v) is 2.54. The van der Waals surface area contributed by atoms with Gasteiger partial charge in [0.2, 0.25) is 6.29 Å². The Balaban J connectivity index is 4.28. The molecule has 2 N–H and O–H groups in total. The van der Waals surface area contributed by atoms with Gasteiger partial charge < -0.3 is 19.7 Å². The van der Waals surface area contributed by atoms with Crippen LogP contribution in [0.2, 0.25) is 0 Å². The number of rotatable bonds is 10. The molecule has 0 rings (SSSR count). The van der Waals surface area contributed by atoms with Crippen LogP contribution in [0.5, 0.6) is 0 Å². The number of carbonyl (C=O) groups is 2. The summed E-state index contributed by atoms with van der Waals surface area (Å²) in [6, 6.07) is 0. The summed E-state index contributed by atoms with van der Waals surface area (Å²) in [5.41, 5.74) is -0.955. The van der Waals surface area contributed by atoms with Crippen LogP contribution in [0.4, 0.5) is 0 Å². The zero-order valence-corrected chi connectivity index (χ0v) is 12.6. The second-order valence-corrected chi connectivity index (χ2v) is 5.31. The van der Waals surface area contributed by atoms with Crippen LogP contribution in [0.25, 0.3) is 0 Å². The summed E-state index contributed by atoms with van der Waals surface area (Å²) in [5.74, 6) is -1.40. The van der Waals surface area contributed by atoms with Crippen molar-refractivity contribution in [3.05, 3.63) is 25.3 Å². The highest BCUT2D eigenvalue weighted by atomic mass is 16.7. The van der Waals surface area contributed by atoms with Gasteiger partial charge in [0, 0.05) is 25.0 Å². The molecule has 0 aliphatic heterocycles. The first-order chi connectivity index (χ1) is 9.67. The van der Waals surface area contributed by atoms with Crippen molar-refractivity contribution in [2.75, 3.05) is 0 Å². The number of aliphatic hydroxyl groups is 2. The average Bonchev–Trinajstić information content (AvgIpc) is 2.35. The molecule has 0 radical (unpaired) electrons. The summed E-state index contributed by atoms with van der Waals surface area (Å²) in [4.78, 5) is 22.3. The highest BCUT2D eigenvalue weighted by Crippen LogP contribution is 2.16. The lowest BCUT2D eigenvalue weighted by atomic mass is 9.98. The SMILES string of the molecule is C=CC(=O)OC(CCCC(O)CC(C)(C)O)OC(=O)C=C. The minimum absolute atomic E-state index is 0.233. The van der Waals surface area contributed by atoms with Gasteiger partial charge in [0.05, 0.1) is 11.7 Å². The summed E-state index contributed by atoms with van der Waals surface area (Å²) >= 11 is 0. The summed E-state index contributed by atoms with van der Waals surface area (Å²) in [7, 11) is 0. The predicted octanol–water partition coefficient (Wildman–Crippen LogP) is 1.46. The number of carbonyl (C=O) groups excluding carboxylic acids is 2. The Kier molecular flexibility index (Phi) is 8.57. The maximum absolute atomic E-state index is 11.1. The fourth-order valence-electron chi connectivity index (χ4n) is 1.70. The summed E-state index contributed by atoms with van der Waals surface area (Å²) in [6.07, 6.45) is 1.52. The molecule has 6 nitrogen and oxygen atoms in total. The van der Waals surface area contributed by atoms with E-state index < -0.39 is 29.9 Å². The Labute approximate surface area is 125 Å². The number of aliphatic hydroxyl groups excluding tert-OH is 1. The largest absolute Gasteiger partial charge is 0.422 e. The van der Waals surface area contributed by atoms with Gasteiger partial charge in [0.15, 0.2) is 0 Å². The van der Waals surface area contributed by atoms with E-state index in [2.05, 4.69) is 13.2 Å². The minimum atomic E-state index is -1.05. The number of hydrogen-bond donors (Lipinski definition) is 2. The van der Waals surface area contributed by atoms with Gasteiger partial charge in [-0.15, -0.1) is 0 Å². The average molecular weight is 300 g/mol. The van der Waals surface area contributed by atoms with Crippen molar-refractivity contribution in [2.24, 2.45) is 0 Å². The Bertz CT molecular complexity index is 347. The van der Waals surface area contributed by atoms with E-state index in [9.17, 15) is 19.8 Å². The van der Waals surface area contributed by atoms with Gasteiger partial charge in [-0.2, -0.15) is 0 Å². The van der Waals surface area contributed by atoms with Crippen molar-refractivity contribution in [3.8, 4) is 0 Å². The fraction of sp³-hybridized carbons (Fsp3) is 0.600. The molecule has 0 fully saturated rings. The van der Waals surface area contributed by atoms with E-state index in [1.165, 1.54) is 0 Å². The van der Waals surface area contributed by atoms with Crippen molar-refractivity contribution < 1.29 is 29.3 Å². The Morgan fingerprint density at radius 3 is 2.00 bits per heavy atom. The van der Waals surface area contributed by atoms with Crippen LogP contribution in [0.3, 0.4) is 0 Å². The van der Waals surface area contributed by atoms with E-state index in [0.717, 1.165) is 12.2 Å². The lowest BCUT2D eigenvalue weighted by Gasteiger charge is -2.22. The molecule has 0 saturated heterocycles. The molecule has 0 aromatic carbocycles. The molecular weight excluding hydrogens is 276 g/mol. The van der Waals surface area contributed by atoms with Crippen LogP contribution >= 0.6 is 0 Å². The maximum atomic E-state index is 11.1. The van der Waals surface area contributed by atoms with Gasteiger partial charge in [-0.05, 0) is 26.7 Å². The van der Waals surface area contributed by atoms with E-state index in [0.29, 0.717) is 12.8 Å². The van der Waals surface area contributed by atoms with E-state index in [1.54, 1.807) is 13.8 Å². The molecule has 0 saturated carbocycles. The van der Waals surface area contributed by atoms with Crippen LogP contribution in [0.1, 0.15) is 39.5 Å². The van der Waals surface area contributed by atoms with E-state index in [-0.39, 0.29) is 12.8 Å². The summed E-state index contributed by atoms with van der Waals surface area (Å²) < 4.78 is 9.75. The summed E-state index contributed by atoms with van der Waals surface area (Å²) in [6.45, 7) is 9.73. The Morgan fingerprint density at radius 2 is 1.62 bits per heavy atom. The molecular formula is C15H24O6. The molecule has 0 spiro atoms. The van der Waals surface area contributed by atoms with Gasteiger partial charge in [0.25, 0.3) is 0 Å². The minimum Gasteiger partial charge on any atom is -0.422 e. The van der Waals surface area contributed by atoms with Gasteiger partial charge >= 0.3 is 11.9 Å². The van der Waals surface area contributed by atoms with Gasteiger partial charge in [-0.3, -0.25) is 0 Å². The molecule has 0 heterocycles. The first-order valence-electron chi connectivity index (χ1n) is 6.74. The predicted molar refractivity (Wildman–Crippen MR) is 77.1 cm³/mol. The van der Waals surface area contributed by atoms with E-state index >= 15 is 0 Å². The molecule has 21 heavy (non-hydrogen) atoms. The smallest absolute Gasteiger partial charge is 0.333 e. The highest BCUT2D eigenvalue weighted by molar-refractivity contribution is 5.82. The highest BCUT2D eigenvalue weighted by Gasteiger charge is 2.20. The molecule has 0 aliphatic carbocycles. The van der Waals surface area contributed by atoms with Crippen molar-refractivity contribution >= 4 is 11.9 Å². The first kappa shape index (κ1) is 19.3. The van der Waals surface area contributed by atoms with E-state index in [1.807, 2.05) is 0 Å². The molecule has 0 aromatic heterocycles. The Hall–Kier alpha value is -1.66. The van der Waals surface area contributed by atoms with E-state index in [4.69, 9.17) is 9.47 Å². The maximum Gasteiger partial charge on any atom is 0.333 e. The monoisotopic (exact) mass is 300 g/mol. The molecule has 0 aliphatic rings. The number of ether oxygens (including phenoxy) is 2. The molecule has 0 bridgehead atoms. The van der Waals surface area contributed by atoms with Crippen LogP contribution in [-0.2, 0) is 19.1 Å². The van der Waals surface area contributed by atoms with Gasteiger partial charge in [-0.25, -0.2) is 9.59 Å². The number of esters is 2. The molecule has 6 heteroatoms. The van der Waals surface area contributed by atoms with Crippen LogP contribution < -0.4 is 0 Å². The second kappa shape index (κ2) is 9.31. The van der Waals surface area contributed by atoms with Gasteiger partial charge in [0.1, 0.15) is 0 Å². The molecule has 1 unspecified atom stereocenters. The standard InChI is InChI=1S/C15H24O6/c1-5-12(17)20-14(21-13(18)6-2)9-7-8-11(16)10-15(3,4)19/h5-6,11,14,16,19H,1-2,7-10H2,3-4H3. The normalized spacial score (nSPS) is 12.6. The third-order valence-electron chi connectivity index (χ3n) is 2.54. The molecule has 120 valence electrons. The van der Waals surface area contributed by atoms with Crippen molar-refractivity contribution in [3.63, 3.8) is 0 Å². The quantitative estimate of drug-likeness (QED) is 0.360. The zero-order chi connectivity index (χ0) is 16.5. The topological polar surface area (TPSA) is 93.1 Å². The lowest BCUT2D eigenvalue weighted by Crippen LogP contribution is -2.27. The van der Waals surface area contributed by atoms with Crippen molar-refractivity contribution in [1.29, 1.82) is 0 Å². The van der Waals surface area contributed by atoms with Crippen molar-refractivity contribution in [2.45, 2.75) is 57.5 Å².